The molecule has 0 saturated heterocycles. The molecule has 10 nitrogen and oxygen atoms in total. The minimum atomic E-state index is -1.18. The fourth-order valence-electron chi connectivity index (χ4n) is 1.95. The molecule has 0 radical (unpaired) electrons. The summed E-state index contributed by atoms with van der Waals surface area (Å²) >= 11 is 0. The van der Waals surface area contributed by atoms with Crippen LogP contribution in [0.3, 0.4) is 0 Å². The highest BCUT2D eigenvalue weighted by Crippen LogP contribution is 2.04. The van der Waals surface area contributed by atoms with Gasteiger partial charge in [-0.1, -0.05) is 20.3 Å². The van der Waals surface area contributed by atoms with Crippen molar-refractivity contribution in [3.63, 3.8) is 0 Å². The zero-order valence-electron chi connectivity index (χ0n) is 14.7. The van der Waals surface area contributed by atoms with E-state index in [-0.39, 0.29) is 12.5 Å². The zero-order valence-corrected chi connectivity index (χ0v) is 14.7. The van der Waals surface area contributed by atoms with Gasteiger partial charge in [0.25, 0.3) is 0 Å². The molecule has 0 rings (SSSR count). The molecule has 0 saturated carbocycles. The molecule has 0 spiro atoms. The highest BCUT2D eigenvalue weighted by Gasteiger charge is 2.26. The van der Waals surface area contributed by atoms with E-state index in [0.29, 0.717) is 19.4 Å². The van der Waals surface area contributed by atoms with E-state index in [1.165, 1.54) is 0 Å². The minimum Gasteiger partial charge on any atom is -0.480 e. The predicted octanol–water partition coefficient (Wildman–Crippen LogP) is -2.10. The number of hydrogen-bond donors (Lipinski definition) is 6. The molecule has 0 aliphatic rings. The van der Waals surface area contributed by atoms with Gasteiger partial charge in [0.05, 0.1) is 12.6 Å². The maximum Gasteiger partial charge on any atom is 0.322 e. The van der Waals surface area contributed by atoms with Crippen LogP contribution in [0.15, 0.2) is 0 Å². The fourth-order valence-corrected chi connectivity index (χ4v) is 1.95. The molecule has 8 N–H and O–H groups in total. The van der Waals surface area contributed by atoms with Crippen LogP contribution >= 0.6 is 0 Å². The van der Waals surface area contributed by atoms with Crippen LogP contribution in [0, 0.1) is 5.92 Å². The summed E-state index contributed by atoms with van der Waals surface area (Å²) in [5.41, 5.74) is 11.2. The minimum absolute atomic E-state index is 0.220. The van der Waals surface area contributed by atoms with Crippen LogP contribution in [0.4, 0.5) is 0 Å². The second-order valence-electron chi connectivity index (χ2n) is 6.01. The molecule has 0 heterocycles. The Balaban J connectivity index is 4.47. The molecule has 2 unspecified atom stereocenters. The standard InChI is InChI=1S/C15H29N5O5/c1-9(2)13(20-14(24)10(17)5-3-4-6-16)15(25)19-7-11(21)18-8-12(22)23/h9-10,13H,3-8,16-17H2,1-2H3,(H,18,21)(H,19,25)(H,20,24)(H,22,23). The van der Waals surface area contributed by atoms with Crippen molar-refractivity contribution in [3.05, 3.63) is 0 Å². The molecule has 0 aromatic heterocycles. The van der Waals surface area contributed by atoms with Crippen LogP contribution in [-0.2, 0) is 19.2 Å². The lowest BCUT2D eigenvalue weighted by atomic mass is 10.0. The molecule has 25 heavy (non-hydrogen) atoms. The van der Waals surface area contributed by atoms with E-state index >= 15 is 0 Å². The van der Waals surface area contributed by atoms with E-state index in [1.54, 1.807) is 13.8 Å². The Morgan fingerprint density at radius 3 is 2.16 bits per heavy atom. The molecule has 0 aliphatic carbocycles. The molecular weight excluding hydrogens is 330 g/mol. The van der Waals surface area contributed by atoms with Crippen molar-refractivity contribution in [1.29, 1.82) is 0 Å². The smallest absolute Gasteiger partial charge is 0.322 e. The van der Waals surface area contributed by atoms with Crippen molar-refractivity contribution in [2.75, 3.05) is 19.6 Å². The lowest BCUT2D eigenvalue weighted by molar-refractivity contribution is -0.138. The summed E-state index contributed by atoms with van der Waals surface area (Å²) in [7, 11) is 0. The summed E-state index contributed by atoms with van der Waals surface area (Å²) in [5, 5.41) is 15.5. The molecule has 0 bridgehead atoms. The van der Waals surface area contributed by atoms with Crippen molar-refractivity contribution >= 4 is 23.7 Å². The van der Waals surface area contributed by atoms with Crippen LogP contribution in [0.2, 0.25) is 0 Å². The van der Waals surface area contributed by atoms with Crippen molar-refractivity contribution in [2.45, 2.75) is 45.2 Å². The molecular formula is C15H29N5O5. The maximum atomic E-state index is 12.2. The van der Waals surface area contributed by atoms with Gasteiger partial charge in [-0.05, 0) is 25.3 Å². The Hall–Kier alpha value is -2.20. The van der Waals surface area contributed by atoms with E-state index in [1.807, 2.05) is 0 Å². The van der Waals surface area contributed by atoms with Gasteiger partial charge >= 0.3 is 5.97 Å². The summed E-state index contributed by atoms with van der Waals surface area (Å²) < 4.78 is 0. The number of amides is 3. The number of hydrogen-bond acceptors (Lipinski definition) is 6. The zero-order chi connectivity index (χ0) is 19.4. The Labute approximate surface area is 147 Å². The van der Waals surface area contributed by atoms with Gasteiger partial charge in [0, 0.05) is 0 Å². The van der Waals surface area contributed by atoms with Crippen LogP contribution in [0.1, 0.15) is 33.1 Å². The maximum absolute atomic E-state index is 12.2. The van der Waals surface area contributed by atoms with E-state index in [9.17, 15) is 19.2 Å². The first-order valence-corrected chi connectivity index (χ1v) is 8.21. The molecule has 0 fully saturated rings. The number of carboxylic acids is 1. The second kappa shape index (κ2) is 12.2. The van der Waals surface area contributed by atoms with Crippen LogP contribution < -0.4 is 27.4 Å². The molecule has 0 aromatic carbocycles. The predicted molar refractivity (Wildman–Crippen MR) is 91.3 cm³/mol. The lowest BCUT2D eigenvalue weighted by Gasteiger charge is -2.23. The third-order valence-electron chi connectivity index (χ3n) is 3.41. The van der Waals surface area contributed by atoms with Gasteiger partial charge in [0.15, 0.2) is 0 Å². The molecule has 2 atom stereocenters. The largest absolute Gasteiger partial charge is 0.480 e. The lowest BCUT2D eigenvalue weighted by Crippen LogP contribution is -2.54. The van der Waals surface area contributed by atoms with Crippen LogP contribution in [0.5, 0.6) is 0 Å². The number of nitrogens with one attached hydrogen (secondary N) is 3. The first-order valence-electron chi connectivity index (χ1n) is 8.21. The number of carboxylic acid groups (broad SMARTS) is 1. The van der Waals surface area contributed by atoms with Crippen molar-refractivity contribution in [3.8, 4) is 0 Å². The van der Waals surface area contributed by atoms with Gasteiger partial charge in [0.2, 0.25) is 17.7 Å². The highest BCUT2D eigenvalue weighted by atomic mass is 16.4. The van der Waals surface area contributed by atoms with Gasteiger partial charge in [0.1, 0.15) is 12.6 Å². The monoisotopic (exact) mass is 359 g/mol. The normalized spacial score (nSPS) is 13.0. The third-order valence-corrected chi connectivity index (χ3v) is 3.41. The number of carbonyl (C=O) groups excluding carboxylic acids is 3. The van der Waals surface area contributed by atoms with E-state index in [2.05, 4.69) is 16.0 Å². The van der Waals surface area contributed by atoms with E-state index in [0.717, 1.165) is 6.42 Å². The van der Waals surface area contributed by atoms with Gasteiger partial charge in [-0.25, -0.2) is 0 Å². The second-order valence-corrected chi connectivity index (χ2v) is 6.01. The Morgan fingerprint density at radius 1 is 1.00 bits per heavy atom. The number of unbranched alkanes of at least 4 members (excludes halogenated alkanes) is 1. The first-order chi connectivity index (χ1) is 11.7. The number of nitrogens with two attached hydrogens (primary N) is 2. The summed E-state index contributed by atoms with van der Waals surface area (Å²) in [4.78, 5) is 46.0. The van der Waals surface area contributed by atoms with Crippen LogP contribution in [0.25, 0.3) is 0 Å². The molecule has 0 aromatic rings. The Kier molecular flexibility index (Phi) is 11.1. The van der Waals surface area contributed by atoms with Crippen molar-refractivity contribution in [1.82, 2.24) is 16.0 Å². The third kappa shape index (κ3) is 10.3. The Bertz CT molecular complexity index is 469. The van der Waals surface area contributed by atoms with E-state index < -0.39 is 42.3 Å². The van der Waals surface area contributed by atoms with Crippen molar-refractivity contribution < 1.29 is 24.3 Å². The van der Waals surface area contributed by atoms with E-state index in [4.69, 9.17) is 16.6 Å². The van der Waals surface area contributed by atoms with Gasteiger partial charge in [-0.3, -0.25) is 19.2 Å². The summed E-state index contributed by atoms with van der Waals surface area (Å²) in [6, 6.07) is -1.58. The average molecular weight is 359 g/mol. The van der Waals surface area contributed by atoms with Gasteiger partial charge in [-0.2, -0.15) is 0 Å². The average Bonchev–Trinajstić information content (AvgIpc) is 2.55. The number of aliphatic carboxylic acids is 1. The molecule has 10 heteroatoms. The van der Waals surface area contributed by atoms with Gasteiger partial charge < -0.3 is 32.5 Å². The molecule has 3 amide bonds. The SMILES string of the molecule is CC(C)C(NC(=O)C(N)CCCCN)C(=O)NCC(=O)NCC(=O)O. The number of rotatable bonds is 12. The quantitative estimate of drug-likeness (QED) is 0.216. The molecule has 0 aliphatic heterocycles. The summed E-state index contributed by atoms with van der Waals surface area (Å²) in [6.45, 7) is 3.10. The first kappa shape index (κ1) is 22.8. The topological polar surface area (TPSA) is 177 Å². The Morgan fingerprint density at radius 2 is 1.64 bits per heavy atom. The van der Waals surface area contributed by atoms with Gasteiger partial charge in [-0.15, -0.1) is 0 Å². The van der Waals surface area contributed by atoms with Crippen molar-refractivity contribution in [2.24, 2.45) is 17.4 Å². The van der Waals surface area contributed by atoms with Crippen LogP contribution in [-0.4, -0.2) is 60.5 Å². The highest BCUT2D eigenvalue weighted by molar-refractivity contribution is 5.92. The number of carbonyl (C=O) groups is 4. The molecule has 144 valence electrons. The summed E-state index contributed by atoms with van der Waals surface area (Å²) in [6.07, 6.45) is 1.95. The summed E-state index contributed by atoms with van der Waals surface area (Å²) in [5.74, 6) is -3.02. The fraction of sp³-hybridized carbons (Fsp3) is 0.733.